The Labute approximate surface area is 157 Å². The first-order valence-corrected chi connectivity index (χ1v) is 8.42. The summed E-state index contributed by atoms with van der Waals surface area (Å²) in [6, 6.07) is 8.65. The molecule has 0 unspecified atom stereocenters. The second-order valence-electron chi connectivity index (χ2n) is 5.47. The first-order valence-electron chi connectivity index (χ1n) is 8.04. The van der Waals surface area contributed by atoms with Crippen molar-refractivity contribution >= 4 is 34.8 Å². The van der Waals surface area contributed by atoms with Crippen molar-refractivity contribution in [2.45, 2.75) is 20.3 Å². The largest absolute Gasteiger partial charge is 0.352 e. The quantitative estimate of drug-likeness (QED) is 0.246. The Kier molecular flexibility index (Phi) is 6.94. The average molecular weight is 371 g/mol. The molecule has 0 bridgehead atoms. The molecule has 26 heavy (non-hydrogen) atoms. The molecule has 0 aliphatic rings. The van der Waals surface area contributed by atoms with Crippen LogP contribution >= 0.6 is 11.6 Å². The van der Waals surface area contributed by atoms with Crippen molar-refractivity contribution in [3.63, 3.8) is 0 Å². The van der Waals surface area contributed by atoms with Gasteiger partial charge in [0.1, 0.15) is 5.15 Å². The number of amides is 1. The van der Waals surface area contributed by atoms with Crippen LogP contribution in [0.2, 0.25) is 5.15 Å². The van der Waals surface area contributed by atoms with Gasteiger partial charge in [-0.25, -0.2) is 9.98 Å². The molecule has 0 aliphatic carbocycles. The Morgan fingerprint density at radius 3 is 2.81 bits per heavy atom. The molecule has 2 rings (SSSR count). The number of guanidine groups is 1. The number of nitrogens with one attached hydrogen (secondary N) is 3. The highest BCUT2D eigenvalue weighted by molar-refractivity contribution is 6.29. The number of hydrogen-bond acceptors (Lipinski definition) is 4. The number of hydrogen-bond donors (Lipinski definition) is 3. The van der Waals surface area contributed by atoms with E-state index in [1.54, 1.807) is 24.3 Å². The molecular formula is C18H19ClN6O. The summed E-state index contributed by atoms with van der Waals surface area (Å²) in [6.45, 7) is 4.46. The molecule has 1 aromatic heterocycles. The second-order valence-corrected chi connectivity index (χ2v) is 5.86. The number of nitriles is 1. The summed E-state index contributed by atoms with van der Waals surface area (Å²) in [5.74, 6) is -0.0400. The van der Waals surface area contributed by atoms with Crippen LogP contribution in [0.1, 0.15) is 29.3 Å². The van der Waals surface area contributed by atoms with E-state index in [1.807, 2.05) is 26.1 Å². The molecule has 8 heteroatoms. The summed E-state index contributed by atoms with van der Waals surface area (Å²) in [5, 5.41) is 17.6. The van der Waals surface area contributed by atoms with Gasteiger partial charge in [-0.15, -0.1) is 0 Å². The lowest BCUT2D eigenvalue weighted by Gasteiger charge is -2.11. The highest BCUT2D eigenvalue weighted by Gasteiger charge is 2.12. The standard InChI is InChI=1S/C18H19ClN6O/c1-3-8-21-17(26)14-6-4-12(2)9-15(14)25-18(23-11-20)24-13-5-7-16(19)22-10-13/h4-7,9-10H,3,8H2,1-2H3,(H,21,26)(H2,23,24,25). The number of carbonyl (C=O) groups excluding carboxylic acids is 1. The molecule has 1 amide bonds. The van der Waals surface area contributed by atoms with Gasteiger partial charge in [0.25, 0.3) is 5.91 Å². The highest BCUT2D eigenvalue weighted by atomic mass is 35.5. The summed E-state index contributed by atoms with van der Waals surface area (Å²) < 4.78 is 0. The summed E-state index contributed by atoms with van der Waals surface area (Å²) in [5.41, 5.74) is 2.42. The molecule has 7 nitrogen and oxygen atoms in total. The van der Waals surface area contributed by atoms with Gasteiger partial charge in [-0.05, 0) is 43.2 Å². The van der Waals surface area contributed by atoms with E-state index in [2.05, 4.69) is 25.9 Å². The average Bonchev–Trinajstić information content (AvgIpc) is 2.62. The molecule has 1 heterocycles. The van der Waals surface area contributed by atoms with Crippen LogP contribution in [0.5, 0.6) is 0 Å². The third-order valence-electron chi connectivity index (χ3n) is 3.33. The van der Waals surface area contributed by atoms with E-state index < -0.39 is 0 Å². The van der Waals surface area contributed by atoms with Crippen molar-refractivity contribution in [1.82, 2.24) is 15.6 Å². The van der Waals surface area contributed by atoms with Crippen molar-refractivity contribution in [3.05, 3.63) is 52.8 Å². The number of aromatic nitrogens is 1. The number of rotatable bonds is 5. The minimum absolute atomic E-state index is 0.173. The minimum atomic E-state index is -0.213. The van der Waals surface area contributed by atoms with Gasteiger partial charge in [0.05, 0.1) is 23.1 Å². The zero-order valence-electron chi connectivity index (χ0n) is 14.5. The van der Waals surface area contributed by atoms with Crippen LogP contribution in [0.15, 0.2) is 41.5 Å². The fourth-order valence-corrected chi connectivity index (χ4v) is 2.22. The van der Waals surface area contributed by atoms with Gasteiger partial charge in [-0.1, -0.05) is 24.6 Å². The third-order valence-corrected chi connectivity index (χ3v) is 3.55. The molecule has 3 N–H and O–H groups in total. The number of pyridine rings is 1. The fourth-order valence-electron chi connectivity index (χ4n) is 2.11. The van der Waals surface area contributed by atoms with Gasteiger partial charge >= 0.3 is 0 Å². The predicted octanol–water partition coefficient (Wildman–Crippen LogP) is 3.35. The molecular weight excluding hydrogens is 352 g/mol. The maximum absolute atomic E-state index is 12.4. The summed E-state index contributed by atoms with van der Waals surface area (Å²) in [7, 11) is 0. The van der Waals surface area contributed by atoms with E-state index in [0.29, 0.717) is 28.6 Å². The molecule has 2 aromatic rings. The van der Waals surface area contributed by atoms with E-state index in [1.165, 1.54) is 6.20 Å². The van der Waals surface area contributed by atoms with Crippen LogP contribution in [-0.2, 0) is 0 Å². The molecule has 0 aliphatic heterocycles. The van der Waals surface area contributed by atoms with E-state index in [0.717, 1.165) is 12.0 Å². The number of carbonyl (C=O) groups is 1. The maximum atomic E-state index is 12.4. The van der Waals surface area contributed by atoms with Crippen molar-refractivity contribution in [2.75, 3.05) is 11.9 Å². The van der Waals surface area contributed by atoms with E-state index >= 15 is 0 Å². The smallest absolute Gasteiger partial charge is 0.253 e. The van der Waals surface area contributed by atoms with Gasteiger partial charge in [-0.3, -0.25) is 10.1 Å². The van der Waals surface area contributed by atoms with Crippen LogP contribution in [0, 0.1) is 18.4 Å². The van der Waals surface area contributed by atoms with Crippen LogP contribution < -0.4 is 16.0 Å². The number of aryl methyl sites for hydroxylation is 1. The number of aliphatic imine (C=N–C) groups is 1. The monoisotopic (exact) mass is 370 g/mol. The summed E-state index contributed by atoms with van der Waals surface area (Å²) in [4.78, 5) is 20.7. The van der Waals surface area contributed by atoms with Gasteiger partial charge < -0.3 is 10.6 Å². The third kappa shape index (κ3) is 5.46. The molecule has 0 saturated heterocycles. The Morgan fingerprint density at radius 1 is 1.35 bits per heavy atom. The van der Waals surface area contributed by atoms with Gasteiger partial charge in [-0.2, -0.15) is 5.26 Å². The predicted molar refractivity (Wildman–Crippen MR) is 103 cm³/mol. The van der Waals surface area contributed by atoms with Gasteiger partial charge in [0.2, 0.25) is 5.96 Å². The zero-order chi connectivity index (χ0) is 18.9. The van der Waals surface area contributed by atoms with E-state index in [-0.39, 0.29) is 11.9 Å². The van der Waals surface area contributed by atoms with E-state index in [4.69, 9.17) is 16.9 Å². The first-order chi connectivity index (χ1) is 12.5. The summed E-state index contributed by atoms with van der Waals surface area (Å²) in [6.07, 6.45) is 4.18. The number of anilines is 1. The maximum Gasteiger partial charge on any atom is 0.253 e. The highest BCUT2D eigenvalue weighted by Crippen LogP contribution is 2.21. The van der Waals surface area contributed by atoms with Gasteiger partial charge in [0.15, 0.2) is 6.19 Å². The minimum Gasteiger partial charge on any atom is -0.352 e. The molecule has 0 saturated carbocycles. The van der Waals surface area contributed by atoms with Crippen molar-refractivity contribution in [2.24, 2.45) is 4.99 Å². The lowest BCUT2D eigenvalue weighted by molar-refractivity contribution is 0.0954. The zero-order valence-corrected chi connectivity index (χ0v) is 15.3. The Bertz CT molecular complexity index is 842. The molecule has 0 spiro atoms. The Balaban J connectivity index is 2.35. The molecule has 0 radical (unpaired) electrons. The van der Waals surface area contributed by atoms with E-state index in [9.17, 15) is 4.79 Å². The van der Waals surface area contributed by atoms with Crippen molar-refractivity contribution in [1.29, 1.82) is 5.26 Å². The second kappa shape index (κ2) is 9.39. The van der Waals surface area contributed by atoms with Crippen molar-refractivity contribution < 1.29 is 4.79 Å². The number of nitrogens with zero attached hydrogens (tertiary/aromatic N) is 3. The van der Waals surface area contributed by atoms with Crippen LogP contribution in [0.3, 0.4) is 0 Å². The number of benzene rings is 1. The van der Waals surface area contributed by atoms with Crippen LogP contribution in [0.25, 0.3) is 0 Å². The molecule has 134 valence electrons. The molecule has 1 aromatic carbocycles. The fraction of sp³-hybridized carbons (Fsp3) is 0.222. The molecule has 0 fully saturated rings. The summed E-state index contributed by atoms with van der Waals surface area (Å²) >= 11 is 5.77. The molecule has 0 atom stereocenters. The normalized spacial score (nSPS) is 10.8. The van der Waals surface area contributed by atoms with Crippen molar-refractivity contribution in [3.8, 4) is 6.19 Å². The Hall–Kier alpha value is -3.11. The topological polar surface area (TPSA) is 102 Å². The lowest BCUT2D eigenvalue weighted by atomic mass is 10.1. The SMILES string of the molecule is CCCNC(=O)c1ccc(C)cc1N=C(NC#N)Nc1ccc(Cl)nc1. The number of halogens is 1. The lowest BCUT2D eigenvalue weighted by Crippen LogP contribution is -2.27. The van der Waals surface area contributed by atoms with Crippen LogP contribution in [-0.4, -0.2) is 23.4 Å². The van der Waals surface area contributed by atoms with Gasteiger partial charge in [0, 0.05) is 6.54 Å². The Morgan fingerprint density at radius 2 is 2.15 bits per heavy atom. The van der Waals surface area contributed by atoms with Crippen LogP contribution in [0.4, 0.5) is 11.4 Å². The first kappa shape index (κ1) is 19.2.